The third kappa shape index (κ3) is 4.91. The van der Waals surface area contributed by atoms with Gasteiger partial charge >= 0.3 is 0 Å². The molecule has 0 bridgehead atoms. The third-order valence-corrected chi connectivity index (χ3v) is 6.17. The molecule has 0 aliphatic heterocycles. The van der Waals surface area contributed by atoms with Gasteiger partial charge in [0, 0.05) is 23.8 Å². The first-order chi connectivity index (χ1) is 14.9. The van der Waals surface area contributed by atoms with Crippen molar-refractivity contribution in [2.45, 2.75) is 24.2 Å². The highest BCUT2D eigenvalue weighted by molar-refractivity contribution is 7.90. The normalized spacial score (nSPS) is 11.5. The van der Waals surface area contributed by atoms with E-state index in [2.05, 4.69) is 17.1 Å². The number of oxazole rings is 1. The average Bonchev–Trinajstić information content (AvgIpc) is 3.18. The van der Waals surface area contributed by atoms with Gasteiger partial charge in [-0.25, -0.2) is 17.8 Å². The predicted octanol–water partition coefficient (Wildman–Crippen LogP) is 5.73. The second-order valence-corrected chi connectivity index (χ2v) is 9.42. The fourth-order valence-electron chi connectivity index (χ4n) is 3.44. The Bertz CT molecular complexity index is 1280. The fraction of sp³-hybridized carbons (Fsp3) is 0.160. The molecule has 0 spiro atoms. The van der Waals surface area contributed by atoms with E-state index in [1.165, 1.54) is 23.8 Å². The molecule has 0 saturated carbocycles. The topological polar surface area (TPSA) is 60.2 Å². The van der Waals surface area contributed by atoms with Crippen molar-refractivity contribution in [1.29, 1.82) is 0 Å². The summed E-state index contributed by atoms with van der Waals surface area (Å²) in [5, 5.41) is 0. The lowest BCUT2D eigenvalue weighted by Gasteiger charge is -2.04. The van der Waals surface area contributed by atoms with Crippen molar-refractivity contribution >= 4 is 9.84 Å². The maximum atomic E-state index is 14.5. The number of aromatic nitrogens is 1. The van der Waals surface area contributed by atoms with Crippen LogP contribution < -0.4 is 0 Å². The number of benzene rings is 3. The minimum absolute atomic E-state index is 0.214. The Morgan fingerprint density at radius 1 is 0.871 bits per heavy atom. The molecule has 6 heteroatoms. The Balaban J connectivity index is 1.66. The Morgan fingerprint density at radius 3 is 2.23 bits per heavy atom. The molecule has 31 heavy (non-hydrogen) atoms. The van der Waals surface area contributed by atoms with Crippen LogP contribution in [0.5, 0.6) is 0 Å². The summed E-state index contributed by atoms with van der Waals surface area (Å²) < 4.78 is 44.1. The summed E-state index contributed by atoms with van der Waals surface area (Å²) in [5.74, 6) is 0.567. The summed E-state index contributed by atoms with van der Waals surface area (Å²) in [6.45, 7) is 0. The zero-order chi connectivity index (χ0) is 21.8. The third-order valence-electron chi connectivity index (χ3n) is 5.04. The van der Waals surface area contributed by atoms with Gasteiger partial charge in [-0.15, -0.1) is 0 Å². The first kappa shape index (κ1) is 21.0. The minimum atomic E-state index is -3.31. The van der Waals surface area contributed by atoms with Crippen molar-refractivity contribution < 1.29 is 17.2 Å². The van der Waals surface area contributed by atoms with Gasteiger partial charge in [0.2, 0.25) is 0 Å². The molecule has 4 nitrogen and oxygen atoms in total. The van der Waals surface area contributed by atoms with Crippen LogP contribution >= 0.6 is 0 Å². The van der Waals surface area contributed by atoms with Crippen LogP contribution in [-0.2, 0) is 22.7 Å². The van der Waals surface area contributed by atoms with Crippen molar-refractivity contribution in [2.24, 2.45) is 0 Å². The molecule has 1 aromatic heterocycles. The van der Waals surface area contributed by atoms with E-state index in [4.69, 9.17) is 4.42 Å². The van der Waals surface area contributed by atoms with E-state index >= 15 is 0 Å². The molecule has 0 unspecified atom stereocenters. The average molecular weight is 436 g/mol. The lowest BCUT2D eigenvalue weighted by Crippen LogP contribution is -1.96. The van der Waals surface area contributed by atoms with E-state index in [0.717, 1.165) is 19.1 Å². The van der Waals surface area contributed by atoms with Crippen LogP contribution in [-0.4, -0.2) is 19.7 Å². The second-order valence-electron chi connectivity index (χ2n) is 7.40. The van der Waals surface area contributed by atoms with Crippen LogP contribution in [0.2, 0.25) is 0 Å². The van der Waals surface area contributed by atoms with Gasteiger partial charge < -0.3 is 4.42 Å². The fourth-order valence-corrected chi connectivity index (χ4v) is 4.08. The van der Waals surface area contributed by atoms with Gasteiger partial charge in [-0.05, 0) is 54.8 Å². The molecule has 0 fully saturated rings. The molecule has 0 atom stereocenters. The molecule has 0 saturated heterocycles. The Morgan fingerprint density at radius 2 is 1.55 bits per heavy atom. The predicted molar refractivity (Wildman–Crippen MR) is 119 cm³/mol. The first-order valence-corrected chi connectivity index (χ1v) is 11.9. The van der Waals surface area contributed by atoms with Gasteiger partial charge in [-0.2, -0.15) is 0 Å². The number of hydrogen-bond donors (Lipinski definition) is 0. The van der Waals surface area contributed by atoms with Gasteiger partial charge in [0.15, 0.2) is 21.5 Å². The quantitative estimate of drug-likeness (QED) is 0.372. The summed E-state index contributed by atoms with van der Waals surface area (Å²) in [7, 11) is -3.31. The molecule has 4 rings (SSSR count). The van der Waals surface area contributed by atoms with E-state index in [-0.39, 0.29) is 10.7 Å². The van der Waals surface area contributed by atoms with Crippen LogP contribution in [0.1, 0.15) is 17.9 Å². The number of hydrogen-bond acceptors (Lipinski definition) is 4. The molecule has 0 amide bonds. The number of rotatable bonds is 7. The van der Waals surface area contributed by atoms with Gasteiger partial charge in [0.1, 0.15) is 11.5 Å². The van der Waals surface area contributed by atoms with Crippen LogP contribution in [0.25, 0.3) is 22.6 Å². The SMILES string of the molecule is CS(=O)(=O)c1ccc(-c2oc(CCCc3ccccc3)nc2-c2ccccc2F)cc1. The molecule has 1 heterocycles. The summed E-state index contributed by atoms with van der Waals surface area (Å²) in [4.78, 5) is 4.81. The van der Waals surface area contributed by atoms with E-state index in [1.54, 1.807) is 30.3 Å². The van der Waals surface area contributed by atoms with Gasteiger partial charge in [0.25, 0.3) is 0 Å². The molecular weight excluding hydrogens is 413 g/mol. The van der Waals surface area contributed by atoms with Crippen molar-refractivity contribution in [3.8, 4) is 22.6 Å². The van der Waals surface area contributed by atoms with Crippen molar-refractivity contribution in [3.05, 3.63) is 96.1 Å². The zero-order valence-corrected chi connectivity index (χ0v) is 17.9. The zero-order valence-electron chi connectivity index (χ0n) is 17.1. The van der Waals surface area contributed by atoms with Crippen LogP contribution in [0.4, 0.5) is 4.39 Å². The molecule has 0 N–H and O–H groups in total. The Hall–Kier alpha value is -3.25. The first-order valence-electron chi connectivity index (χ1n) is 10.0. The number of halogens is 1. The van der Waals surface area contributed by atoms with E-state index in [9.17, 15) is 12.8 Å². The van der Waals surface area contributed by atoms with E-state index in [0.29, 0.717) is 34.9 Å². The van der Waals surface area contributed by atoms with Crippen molar-refractivity contribution in [1.82, 2.24) is 4.98 Å². The molecule has 0 aliphatic rings. The number of sulfone groups is 1. The summed E-state index contributed by atoms with van der Waals surface area (Å²) >= 11 is 0. The monoisotopic (exact) mass is 435 g/mol. The van der Waals surface area contributed by atoms with E-state index in [1.807, 2.05) is 18.2 Å². The summed E-state index contributed by atoms with van der Waals surface area (Å²) in [5.41, 5.74) is 2.65. The molecule has 4 aromatic rings. The lowest BCUT2D eigenvalue weighted by atomic mass is 10.1. The van der Waals surface area contributed by atoms with Crippen LogP contribution in [0.15, 0.2) is 88.2 Å². The molecular formula is C25H22FNO3S. The Kier molecular flexibility index (Phi) is 6.00. The summed E-state index contributed by atoms with van der Waals surface area (Å²) in [6, 6.07) is 22.9. The van der Waals surface area contributed by atoms with Gasteiger partial charge in [-0.3, -0.25) is 0 Å². The number of nitrogens with zero attached hydrogens (tertiary/aromatic N) is 1. The molecule has 3 aromatic carbocycles. The maximum absolute atomic E-state index is 14.5. The largest absolute Gasteiger partial charge is 0.440 e. The Labute approximate surface area is 181 Å². The van der Waals surface area contributed by atoms with Crippen molar-refractivity contribution in [2.75, 3.05) is 6.26 Å². The lowest BCUT2D eigenvalue weighted by molar-refractivity contribution is 0.498. The number of aryl methyl sites for hydroxylation is 2. The van der Waals surface area contributed by atoms with Gasteiger partial charge in [0.05, 0.1) is 4.90 Å². The molecule has 0 aliphatic carbocycles. The molecule has 158 valence electrons. The molecule has 0 radical (unpaired) electrons. The summed E-state index contributed by atoms with van der Waals surface area (Å²) in [6.07, 6.45) is 3.49. The highest BCUT2D eigenvalue weighted by Gasteiger charge is 2.20. The van der Waals surface area contributed by atoms with Gasteiger partial charge in [-0.1, -0.05) is 42.5 Å². The standard InChI is InChI=1S/C25H22FNO3S/c1-31(28,29)20-16-14-19(15-17-20)25-24(21-11-5-6-12-22(21)26)27-23(30-25)13-7-10-18-8-3-2-4-9-18/h2-6,8-9,11-12,14-17H,7,10,13H2,1H3. The smallest absolute Gasteiger partial charge is 0.195 e. The van der Waals surface area contributed by atoms with E-state index < -0.39 is 9.84 Å². The van der Waals surface area contributed by atoms with Crippen LogP contribution in [0.3, 0.4) is 0 Å². The highest BCUT2D eigenvalue weighted by Crippen LogP contribution is 2.34. The van der Waals surface area contributed by atoms with Crippen LogP contribution in [0, 0.1) is 5.82 Å². The minimum Gasteiger partial charge on any atom is -0.440 e. The maximum Gasteiger partial charge on any atom is 0.195 e. The second kappa shape index (κ2) is 8.86. The van der Waals surface area contributed by atoms with Crippen molar-refractivity contribution in [3.63, 3.8) is 0 Å². The highest BCUT2D eigenvalue weighted by atomic mass is 32.2.